The quantitative estimate of drug-likeness (QED) is 0.657. The van der Waals surface area contributed by atoms with Crippen molar-refractivity contribution in [2.45, 2.75) is 26.4 Å². The number of methoxy groups -OCH3 is 2. The highest BCUT2D eigenvalue weighted by molar-refractivity contribution is 6.02. The average molecular weight is 297 g/mol. The summed E-state index contributed by atoms with van der Waals surface area (Å²) in [6.07, 6.45) is -0.809. The number of carbonyl (C=O) groups excluding carboxylic acids is 2. The summed E-state index contributed by atoms with van der Waals surface area (Å²) in [7, 11) is 2.55. The number of rotatable bonds is 3. The van der Waals surface area contributed by atoms with E-state index in [9.17, 15) is 14.7 Å². The summed E-state index contributed by atoms with van der Waals surface area (Å²) in [5.41, 5.74) is -0.860. The van der Waals surface area contributed by atoms with Gasteiger partial charge in [-0.25, -0.2) is 9.59 Å². The number of benzene rings is 1. The van der Waals surface area contributed by atoms with Crippen LogP contribution in [0, 0.1) is 0 Å². The minimum absolute atomic E-state index is 0.0124. The van der Waals surface area contributed by atoms with Crippen LogP contribution in [0.4, 0.5) is 10.5 Å². The first-order valence-electron chi connectivity index (χ1n) is 6.18. The Labute approximate surface area is 122 Å². The largest absolute Gasteiger partial charge is 0.503 e. The Balaban J connectivity index is 3.18. The molecule has 0 saturated carbocycles. The Bertz CT molecular complexity index is 547. The van der Waals surface area contributed by atoms with Crippen LogP contribution in [0.5, 0.6) is 11.5 Å². The number of aromatic hydroxyl groups is 1. The van der Waals surface area contributed by atoms with Gasteiger partial charge in [0.2, 0.25) is 0 Å². The van der Waals surface area contributed by atoms with Crippen molar-refractivity contribution in [2.75, 3.05) is 19.5 Å². The van der Waals surface area contributed by atoms with E-state index in [0.29, 0.717) is 0 Å². The molecule has 0 atom stereocenters. The summed E-state index contributed by atoms with van der Waals surface area (Å²) in [5, 5.41) is 12.4. The number of hydrogen-bond donors (Lipinski definition) is 2. The molecule has 21 heavy (non-hydrogen) atoms. The normalized spacial score (nSPS) is 10.7. The van der Waals surface area contributed by atoms with Crippen LogP contribution in [0.25, 0.3) is 0 Å². The maximum atomic E-state index is 11.8. The summed E-state index contributed by atoms with van der Waals surface area (Å²) in [4.78, 5) is 23.5. The Morgan fingerprint density at radius 2 is 1.81 bits per heavy atom. The van der Waals surface area contributed by atoms with Crippen molar-refractivity contribution in [3.63, 3.8) is 0 Å². The van der Waals surface area contributed by atoms with Gasteiger partial charge in [-0.3, -0.25) is 5.32 Å². The highest BCUT2D eigenvalue weighted by Crippen LogP contribution is 2.37. The third kappa shape index (κ3) is 4.27. The molecule has 0 aliphatic rings. The summed E-state index contributed by atoms with van der Waals surface area (Å²) in [6, 6.07) is 2.76. The number of anilines is 1. The third-order valence-corrected chi connectivity index (χ3v) is 2.39. The minimum Gasteiger partial charge on any atom is -0.503 e. The van der Waals surface area contributed by atoms with Crippen LogP contribution in [0.15, 0.2) is 12.1 Å². The summed E-state index contributed by atoms with van der Waals surface area (Å²) < 4.78 is 14.6. The van der Waals surface area contributed by atoms with E-state index in [2.05, 4.69) is 10.1 Å². The van der Waals surface area contributed by atoms with Crippen molar-refractivity contribution in [3.8, 4) is 11.5 Å². The maximum absolute atomic E-state index is 11.8. The lowest BCUT2D eigenvalue weighted by atomic mass is 10.1. The van der Waals surface area contributed by atoms with Crippen LogP contribution in [-0.4, -0.2) is 37.0 Å². The molecule has 7 nitrogen and oxygen atoms in total. The first-order valence-corrected chi connectivity index (χ1v) is 6.18. The van der Waals surface area contributed by atoms with Gasteiger partial charge in [-0.2, -0.15) is 0 Å². The van der Waals surface area contributed by atoms with E-state index in [-0.39, 0.29) is 22.7 Å². The molecule has 1 aromatic rings. The highest BCUT2D eigenvalue weighted by atomic mass is 16.6. The van der Waals surface area contributed by atoms with Crippen LogP contribution < -0.4 is 10.1 Å². The van der Waals surface area contributed by atoms with E-state index in [4.69, 9.17) is 9.47 Å². The van der Waals surface area contributed by atoms with Crippen molar-refractivity contribution in [3.05, 3.63) is 17.7 Å². The SMILES string of the molecule is COC(=O)c1ccc(OC)c(O)c1NC(=O)OC(C)(C)C. The number of ether oxygens (including phenoxy) is 3. The van der Waals surface area contributed by atoms with E-state index in [1.54, 1.807) is 20.8 Å². The predicted molar refractivity (Wildman–Crippen MR) is 75.9 cm³/mol. The smallest absolute Gasteiger partial charge is 0.412 e. The average Bonchev–Trinajstić information content (AvgIpc) is 2.38. The molecule has 0 unspecified atom stereocenters. The molecule has 0 aromatic heterocycles. The lowest BCUT2D eigenvalue weighted by Crippen LogP contribution is -2.27. The molecule has 0 saturated heterocycles. The zero-order valence-corrected chi connectivity index (χ0v) is 12.6. The van der Waals surface area contributed by atoms with Gasteiger partial charge in [0.15, 0.2) is 11.5 Å². The zero-order valence-electron chi connectivity index (χ0n) is 12.6. The maximum Gasteiger partial charge on any atom is 0.412 e. The molecular formula is C14H19NO6. The predicted octanol–water partition coefficient (Wildman–Crippen LogP) is 2.53. The Kier molecular flexibility index (Phi) is 5.02. The molecule has 0 aliphatic heterocycles. The number of amides is 1. The molecule has 2 N–H and O–H groups in total. The third-order valence-electron chi connectivity index (χ3n) is 2.39. The molecule has 0 bridgehead atoms. The zero-order chi connectivity index (χ0) is 16.2. The molecule has 1 amide bonds. The second kappa shape index (κ2) is 6.34. The lowest BCUT2D eigenvalue weighted by molar-refractivity contribution is 0.0601. The van der Waals surface area contributed by atoms with E-state index in [0.717, 1.165) is 0 Å². The molecule has 1 aromatic carbocycles. The van der Waals surface area contributed by atoms with Gasteiger partial charge in [0.25, 0.3) is 0 Å². The molecular weight excluding hydrogens is 278 g/mol. The van der Waals surface area contributed by atoms with Crippen molar-refractivity contribution in [1.29, 1.82) is 0 Å². The topological polar surface area (TPSA) is 94.1 Å². The fraction of sp³-hybridized carbons (Fsp3) is 0.429. The van der Waals surface area contributed by atoms with E-state index >= 15 is 0 Å². The van der Waals surface area contributed by atoms with Crippen LogP contribution >= 0.6 is 0 Å². The fourth-order valence-electron chi connectivity index (χ4n) is 1.55. The van der Waals surface area contributed by atoms with E-state index in [1.807, 2.05) is 0 Å². The van der Waals surface area contributed by atoms with E-state index in [1.165, 1.54) is 26.4 Å². The van der Waals surface area contributed by atoms with Crippen molar-refractivity contribution in [2.24, 2.45) is 0 Å². The Hall–Kier alpha value is -2.44. The molecule has 0 heterocycles. The molecule has 0 fully saturated rings. The van der Waals surface area contributed by atoms with Gasteiger partial charge in [0.1, 0.15) is 11.3 Å². The number of hydrogen-bond acceptors (Lipinski definition) is 6. The van der Waals surface area contributed by atoms with Crippen LogP contribution in [0.3, 0.4) is 0 Å². The number of phenolic OH excluding ortho intramolecular Hbond substituents is 1. The Morgan fingerprint density at radius 3 is 2.29 bits per heavy atom. The molecule has 0 spiro atoms. The number of carbonyl (C=O) groups is 2. The van der Waals surface area contributed by atoms with Crippen LogP contribution in [0.2, 0.25) is 0 Å². The highest BCUT2D eigenvalue weighted by Gasteiger charge is 2.23. The summed E-state index contributed by atoms with van der Waals surface area (Å²) in [5.74, 6) is -0.987. The molecule has 7 heteroatoms. The first kappa shape index (κ1) is 16.6. The molecule has 0 aliphatic carbocycles. The number of esters is 1. The number of phenols is 1. The number of nitrogens with one attached hydrogen (secondary N) is 1. The van der Waals surface area contributed by atoms with Gasteiger partial charge in [-0.15, -0.1) is 0 Å². The van der Waals surface area contributed by atoms with Gasteiger partial charge >= 0.3 is 12.1 Å². The van der Waals surface area contributed by atoms with E-state index < -0.39 is 17.7 Å². The molecule has 116 valence electrons. The monoisotopic (exact) mass is 297 g/mol. The first-order chi connectivity index (χ1) is 9.69. The minimum atomic E-state index is -0.809. The molecule has 0 radical (unpaired) electrons. The van der Waals surface area contributed by atoms with Gasteiger partial charge in [0.05, 0.1) is 19.8 Å². The standard InChI is InChI=1S/C14H19NO6/c1-14(2,3)21-13(18)15-10-8(12(17)20-5)6-7-9(19-4)11(10)16/h6-7,16H,1-5H3,(H,15,18). The van der Waals surface area contributed by atoms with Crippen molar-refractivity contribution in [1.82, 2.24) is 0 Å². The van der Waals surface area contributed by atoms with Gasteiger partial charge < -0.3 is 19.3 Å². The lowest BCUT2D eigenvalue weighted by Gasteiger charge is -2.21. The van der Waals surface area contributed by atoms with Crippen LogP contribution in [0.1, 0.15) is 31.1 Å². The van der Waals surface area contributed by atoms with Gasteiger partial charge in [0, 0.05) is 0 Å². The van der Waals surface area contributed by atoms with Crippen LogP contribution in [-0.2, 0) is 9.47 Å². The second-order valence-electron chi connectivity index (χ2n) is 5.16. The summed E-state index contributed by atoms with van der Waals surface area (Å²) in [6.45, 7) is 5.08. The Morgan fingerprint density at radius 1 is 1.19 bits per heavy atom. The summed E-state index contributed by atoms with van der Waals surface area (Å²) >= 11 is 0. The van der Waals surface area contributed by atoms with Gasteiger partial charge in [-0.1, -0.05) is 0 Å². The van der Waals surface area contributed by atoms with Crippen molar-refractivity contribution >= 4 is 17.7 Å². The molecule has 1 rings (SSSR count). The fourth-order valence-corrected chi connectivity index (χ4v) is 1.55. The van der Waals surface area contributed by atoms with Gasteiger partial charge in [-0.05, 0) is 32.9 Å². The van der Waals surface area contributed by atoms with Crippen molar-refractivity contribution < 1.29 is 28.9 Å². The second-order valence-corrected chi connectivity index (χ2v) is 5.16.